The van der Waals surface area contributed by atoms with Gasteiger partial charge in [0.25, 0.3) is 0 Å². The Hall–Kier alpha value is -0.780. The molecule has 0 atom stereocenters. The van der Waals surface area contributed by atoms with Gasteiger partial charge in [0.05, 0.1) is 18.4 Å². The maximum absolute atomic E-state index is 11.5. The van der Waals surface area contributed by atoms with E-state index in [0.717, 1.165) is 3.57 Å². The second-order valence-corrected chi connectivity index (χ2v) is 5.87. The van der Waals surface area contributed by atoms with Gasteiger partial charge >= 0.3 is 5.97 Å². The van der Waals surface area contributed by atoms with E-state index in [1.165, 1.54) is 38.5 Å². The number of anilines is 1. The van der Waals surface area contributed by atoms with Crippen LogP contribution in [0.1, 0.15) is 36.0 Å². The van der Waals surface area contributed by atoms with E-state index in [-0.39, 0.29) is 5.97 Å². The Labute approximate surface area is 122 Å². The second kappa shape index (κ2) is 5.91. The number of carbonyl (C=O) groups excluding carboxylic acids is 1. The first kappa shape index (κ1) is 13.6. The largest absolute Gasteiger partial charge is 0.465 e. The summed E-state index contributed by atoms with van der Waals surface area (Å²) in [6, 6.07) is 6.40. The van der Waals surface area contributed by atoms with Crippen LogP contribution in [0.4, 0.5) is 5.69 Å². The van der Waals surface area contributed by atoms with Gasteiger partial charge in [0.2, 0.25) is 0 Å². The molecule has 0 amide bonds. The summed E-state index contributed by atoms with van der Waals surface area (Å²) in [4.78, 5) is 13.8. The molecule has 0 aromatic heterocycles. The van der Waals surface area contributed by atoms with Gasteiger partial charge in [-0.05, 0) is 53.6 Å². The van der Waals surface area contributed by atoms with Crippen LogP contribution in [-0.2, 0) is 4.74 Å². The van der Waals surface area contributed by atoms with Crippen LogP contribution in [0.2, 0.25) is 0 Å². The Balaban J connectivity index is 2.21. The lowest BCUT2D eigenvalue weighted by Gasteiger charge is -2.27. The van der Waals surface area contributed by atoms with E-state index in [1.54, 1.807) is 0 Å². The standard InChI is InChI=1S/C14H18INO2/c1-16(11-5-3-4-6-11)13-8-7-10(9-12(13)15)14(17)18-2/h7-9,11H,3-6H2,1-2H3. The summed E-state index contributed by atoms with van der Waals surface area (Å²) in [5, 5.41) is 0. The molecule has 0 unspecified atom stereocenters. The highest BCUT2D eigenvalue weighted by Gasteiger charge is 2.21. The number of hydrogen-bond acceptors (Lipinski definition) is 3. The number of esters is 1. The summed E-state index contributed by atoms with van der Waals surface area (Å²) in [5.41, 5.74) is 1.82. The molecule has 98 valence electrons. The molecule has 1 aromatic rings. The van der Waals surface area contributed by atoms with Crippen molar-refractivity contribution in [3.05, 3.63) is 27.3 Å². The molecule has 1 aliphatic rings. The molecule has 2 rings (SSSR count). The van der Waals surface area contributed by atoms with Crippen molar-refractivity contribution in [2.45, 2.75) is 31.7 Å². The highest BCUT2D eigenvalue weighted by molar-refractivity contribution is 14.1. The lowest BCUT2D eigenvalue weighted by atomic mass is 10.1. The SMILES string of the molecule is COC(=O)c1ccc(N(C)C2CCCC2)c(I)c1. The molecule has 3 nitrogen and oxygen atoms in total. The van der Waals surface area contributed by atoms with E-state index in [1.807, 2.05) is 18.2 Å². The maximum atomic E-state index is 11.5. The summed E-state index contributed by atoms with van der Waals surface area (Å²) in [5.74, 6) is -0.275. The third-order valence-electron chi connectivity index (χ3n) is 3.62. The molecular formula is C14H18INO2. The molecule has 0 heterocycles. The zero-order valence-corrected chi connectivity index (χ0v) is 12.9. The molecular weight excluding hydrogens is 341 g/mol. The van der Waals surface area contributed by atoms with Gasteiger partial charge in [0, 0.05) is 16.7 Å². The maximum Gasteiger partial charge on any atom is 0.337 e. The van der Waals surface area contributed by atoms with Crippen LogP contribution >= 0.6 is 22.6 Å². The molecule has 0 bridgehead atoms. The van der Waals surface area contributed by atoms with E-state index in [2.05, 4.69) is 34.5 Å². The molecule has 1 aliphatic carbocycles. The second-order valence-electron chi connectivity index (χ2n) is 4.71. The van der Waals surface area contributed by atoms with E-state index in [4.69, 9.17) is 4.74 Å². The van der Waals surface area contributed by atoms with Gasteiger partial charge in [-0.25, -0.2) is 4.79 Å². The van der Waals surface area contributed by atoms with Crippen molar-refractivity contribution in [2.24, 2.45) is 0 Å². The zero-order chi connectivity index (χ0) is 13.1. The van der Waals surface area contributed by atoms with Crippen LogP contribution in [0.25, 0.3) is 0 Å². The average Bonchev–Trinajstić information content (AvgIpc) is 2.90. The molecule has 0 radical (unpaired) electrons. The molecule has 1 saturated carbocycles. The van der Waals surface area contributed by atoms with Gasteiger partial charge in [-0.2, -0.15) is 0 Å². The monoisotopic (exact) mass is 359 g/mol. The fourth-order valence-electron chi connectivity index (χ4n) is 2.53. The number of methoxy groups -OCH3 is 1. The van der Waals surface area contributed by atoms with Gasteiger partial charge in [-0.3, -0.25) is 0 Å². The Morgan fingerprint density at radius 1 is 1.39 bits per heavy atom. The summed E-state index contributed by atoms with van der Waals surface area (Å²) in [6.07, 6.45) is 5.19. The van der Waals surface area contributed by atoms with E-state index < -0.39 is 0 Å². The number of halogens is 1. The number of hydrogen-bond donors (Lipinski definition) is 0. The van der Waals surface area contributed by atoms with Crippen LogP contribution in [-0.4, -0.2) is 26.2 Å². The fourth-order valence-corrected chi connectivity index (χ4v) is 3.42. The molecule has 1 fully saturated rings. The van der Waals surface area contributed by atoms with Gasteiger partial charge in [-0.15, -0.1) is 0 Å². The van der Waals surface area contributed by atoms with Crippen LogP contribution in [0.5, 0.6) is 0 Å². The van der Waals surface area contributed by atoms with Crippen molar-refractivity contribution < 1.29 is 9.53 Å². The first-order valence-electron chi connectivity index (χ1n) is 6.24. The predicted octanol–water partition coefficient (Wildman–Crippen LogP) is 3.46. The third-order valence-corrected chi connectivity index (χ3v) is 4.49. The van der Waals surface area contributed by atoms with Crippen LogP contribution in [0.15, 0.2) is 18.2 Å². The van der Waals surface area contributed by atoms with Crippen LogP contribution in [0, 0.1) is 3.57 Å². The molecule has 0 aliphatic heterocycles. The summed E-state index contributed by atoms with van der Waals surface area (Å²) in [7, 11) is 3.55. The average molecular weight is 359 g/mol. The smallest absolute Gasteiger partial charge is 0.337 e. The lowest BCUT2D eigenvalue weighted by molar-refractivity contribution is 0.0600. The Kier molecular flexibility index (Phi) is 4.48. The van der Waals surface area contributed by atoms with Gasteiger partial charge in [0.1, 0.15) is 0 Å². The molecule has 1 aromatic carbocycles. The van der Waals surface area contributed by atoms with Crippen LogP contribution < -0.4 is 4.90 Å². The lowest BCUT2D eigenvalue weighted by Crippen LogP contribution is -2.29. The van der Waals surface area contributed by atoms with Crippen molar-refractivity contribution in [2.75, 3.05) is 19.1 Å². The van der Waals surface area contributed by atoms with Gasteiger partial charge < -0.3 is 9.64 Å². The molecule has 0 spiro atoms. The molecule has 4 heteroatoms. The third kappa shape index (κ3) is 2.79. The highest BCUT2D eigenvalue weighted by atomic mass is 127. The van der Waals surface area contributed by atoms with E-state index in [0.29, 0.717) is 11.6 Å². The van der Waals surface area contributed by atoms with Crippen molar-refractivity contribution in [3.8, 4) is 0 Å². The minimum atomic E-state index is -0.275. The normalized spacial score (nSPS) is 15.7. The quantitative estimate of drug-likeness (QED) is 0.612. The Morgan fingerprint density at radius 3 is 2.61 bits per heavy atom. The number of benzene rings is 1. The van der Waals surface area contributed by atoms with Gasteiger partial charge in [0.15, 0.2) is 0 Å². The first-order valence-corrected chi connectivity index (χ1v) is 7.32. The van der Waals surface area contributed by atoms with Crippen molar-refractivity contribution >= 4 is 34.2 Å². The summed E-state index contributed by atoms with van der Waals surface area (Å²) >= 11 is 2.29. The Bertz CT molecular complexity index is 441. The minimum Gasteiger partial charge on any atom is -0.465 e. The summed E-state index contributed by atoms with van der Waals surface area (Å²) in [6.45, 7) is 0. The first-order chi connectivity index (χ1) is 8.63. The van der Waals surface area contributed by atoms with E-state index in [9.17, 15) is 4.79 Å². The predicted molar refractivity (Wildman–Crippen MR) is 81.2 cm³/mol. The zero-order valence-electron chi connectivity index (χ0n) is 10.8. The van der Waals surface area contributed by atoms with E-state index >= 15 is 0 Å². The van der Waals surface area contributed by atoms with Crippen molar-refractivity contribution in [1.82, 2.24) is 0 Å². The molecule has 0 N–H and O–H groups in total. The molecule has 18 heavy (non-hydrogen) atoms. The summed E-state index contributed by atoms with van der Waals surface area (Å²) < 4.78 is 5.84. The number of nitrogens with zero attached hydrogens (tertiary/aromatic N) is 1. The number of carbonyl (C=O) groups is 1. The topological polar surface area (TPSA) is 29.5 Å². The minimum absolute atomic E-state index is 0.275. The Morgan fingerprint density at radius 2 is 2.06 bits per heavy atom. The fraction of sp³-hybridized carbons (Fsp3) is 0.500. The molecule has 0 saturated heterocycles. The number of ether oxygens (including phenoxy) is 1. The van der Waals surface area contributed by atoms with Crippen molar-refractivity contribution in [1.29, 1.82) is 0 Å². The number of rotatable bonds is 3. The van der Waals surface area contributed by atoms with Crippen LogP contribution in [0.3, 0.4) is 0 Å². The highest BCUT2D eigenvalue weighted by Crippen LogP contribution is 2.30. The van der Waals surface area contributed by atoms with Gasteiger partial charge in [-0.1, -0.05) is 12.8 Å². The van der Waals surface area contributed by atoms with Crippen molar-refractivity contribution in [3.63, 3.8) is 0 Å².